The van der Waals surface area contributed by atoms with E-state index in [1.807, 2.05) is 0 Å². The molecule has 4 rings (SSSR count). The molecule has 9 nitrogen and oxygen atoms in total. The molecule has 1 aliphatic heterocycles. The van der Waals surface area contributed by atoms with Gasteiger partial charge >= 0.3 is 23.9 Å². The molecule has 0 aliphatic carbocycles. The van der Waals surface area contributed by atoms with Gasteiger partial charge in [0.05, 0.1) is 16.7 Å². The van der Waals surface area contributed by atoms with Crippen molar-refractivity contribution >= 4 is 23.9 Å². The lowest BCUT2D eigenvalue weighted by Gasteiger charge is -2.23. The van der Waals surface area contributed by atoms with Crippen molar-refractivity contribution < 1.29 is 42.9 Å². The van der Waals surface area contributed by atoms with Gasteiger partial charge in [-0.15, -0.1) is 0 Å². The van der Waals surface area contributed by atoms with E-state index in [0.717, 1.165) is 6.92 Å². The van der Waals surface area contributed by atoms with Crippen LogP contribution in [0.1, 0.15) is 38.0 Å². The van der Waals surface area contributed by atoms with Crippen LogP contribution in [0.4, 0.5) is 0 Å². The highest BCUT2D eigenvalue weighted by Gasteiger charge is 2.52. The number of rotatable bonds is 8. The zero-order chi connectivity index (χ0) is 26.2. The second-order valence-corrected chi connectivity index (χ2v) is 8.09. The number of ether oxygens (including phenoxy) is 5. The number of esters is 4. The van der Waals surface area contributed by atoms with Crippen LogP contribution in [-0.4, -0.2) is 55.1 Å². The normalized spacial score (nSPS) is 20.5. The molecule has 1 heterocycles. The second kappa shape index (κ2) is 12.0. The Labute approximate surface area is 212 Å². The van der Waals surface area contributed by atoms with Crippen molar-refractivity contribution in [2.24, 2.45) is 0 Å². The van der Waals surface area contributed by atoms with Crippen LogP contribution in [-0.2, 0) is 28.5 Å². The second-order valence-electron chi connectivity index (χ2n) is 8.09. The third-order valence-corrected chi connectivity index (χ3v) is 5.44. The predicted octanol–water partition coefficient (Wildman–Crippen LogP) is 3.58. The molecule has 3 aromatic rings. The lowest BCUT2D eigenvalue weighted by Crippen LogP contribution is -2.42. The van der Waals surface area contributed by atoms with Gasteiger partial charge in [-0.3, -0.25) is 4.79 Å². The molecular formula is C28H24O9. The molecule has 1 aliphatic rings. The smallest absolute Gasteiger partial charge is 0.340 e. The third-order valence-electron chi connectivity index (χ3n) is 5.44. The van der Waals surface area contributed by atoms with Gasteiger partial charge < -0.3 is 23.7 Å². The molecule has 0 amide bonds. The van der Waals surface area contributed by atoms with E-state index in [1.165, 1.54) is 0 Å². The Hall–Kier alpha value is -4.50. The van der Waals surface area contributed by atoms with Gasteiger partial charge in [-0.1, -0.05) is 54.6 Å². The number of benzene rings is 3. The highest BCUT2D eigenvalue weighted by atomic mass is 16.8. The molecule has 0 N–H and O–H groups in total. The van der Waals surface area contributed by atoms with E-state index in [1.54, 1.807) is 91.0 Å². The number of carbonyl (C=O) groups excluding carboxylic acids is 4. The Morgan fingerprint density at radius 2 is 1.08 bits per heavy atom. The lowest BCUT2D eigenvalue weighted by atomic mass is 10.1. The maximum absolute atomic E-state index is 12.9. The minimum atomic E-state index is -1.43. The summed E-state index contributed by atoms with van der Waals surface area (Å²) in [6, 6.07) is 24.6. The summed E-state index contributed by atoms with van der Waals surface area (Å²) in [6.07, 6.45) is -5.07. The van der Waals surface area contributed by atoms with Gasteiger partial charge in [-0.05, 0) is 36.4 Å². The first-order valence-electron chi connectivity index (χ1n) is 11.5. The fourth-order valence-electron chi connectivity index (χ4n) is 3.71. The van der Waals surface area contributed by atoms with E-state index >= 15 is 0 Å². The molecule has 190 valence electrons. The van der Waals surface area contributed by atoms with Gasteiger partial charge in [-0.25, -0.2) is 14.4 Å². The first kappa shape index (κ1) is 25.6. The number of hydrogen-bond acceptors (Lipinski definition) is 9. The quantitative estimate of drug-likeness (QED) is 0.335. The molecule has 0 bridgehead atoms. The Balaban J connectivity index is 1.57. The molecule has 1 saturated heterocycles. The van der Waals surface area contributed by atoms with Crippen molar-refractivity contribution in [2.45, 2.75) is 31.5 Å². The Morgan fingerprint density at radius 3 is 1.57 bits per heavy atom. The molecule has 1 fully saturated rings. The molecule has 4 atom stereocenters. The monoisotopic (exact) mass is 504 g/mol. The van der Waals surface area contributed by atoms with E-state index in [4.69, 9.17) is 23.7 Å². The molecule has 3 aromatic carbocycles. The van der Waals surface area contributed by atoms with E-state index < -0.39 is 48.5 Å². The van der Waals surface area contributed by atoms with Gasteiger partial charge in [0.25, 0.3) is 0 Å². The van der Waals surface area contributed by atoms with E-state index in [0.29, 0.717) is 5.56 Å². The van der Waals surface area contributed by atoms with Crippen molar-refractivity contribution in [3.05, 3.63) is 108 Å². The van der Waals surface area contributed by atoms with Crippen LogP contribution in [0, 0.1) is 0 Å². The topological polar surface area (TPSA) is 114 Å². The van der Waals surface area contributed by atoms with Gasteiger partial charge in [0.1, 0.15) is 12.7 Å². The standard InChI is InChI=1S/C28H24O9/c1-18(29)34-24-23(36-26(31)20-13-7-3-8-14-20)22(17-33-25(30)19-11-5-2-6-12-19)35-28(24)37-27(32)21-15-9-4-10-16-21/h2-16,22-24,28H,17H2,1H3/t22-,23-,24-,28+/m0/s1. The summed E-state index contributed by atoms with van der Waals surface area (Å²) >= 11 is 0. The zero-order valence-corrected chi connectivity index (χ0v) is 19.9. The maximum atomic E-state index is 12.9. The average Bonchev–Trinajstić information content (AvgIpc) is 3.23. The van der Waals surface area contributed by atoms with Crippen LogP contribution in [0.25, 0.3) is 0 Å². The first-order valence-corrected chi connectivity index (χ1v) is 11.5. The minimum absolute atomic E-state index is 0.240. The Bertz CT molecular complexity index is 1230. The van der Waals surface area contributed by atoms with Crippen LogP contribution in [0.15, 0.2) is 91.0 Å². The summed E-state index contributed by atoms with van der Waals surface area (Å²) in [5, 5.41) is 0. The van der Waals surface area contributed by atoms with Gasteiger partial charge in [0, 0.05) is 6.92 Å². The van der Waals surface area contributed by atoms with E-state index in [-0.39, 0.29) is 17.7 Å². The lowest BCUT2D eigenvalue weighted by molar-refractivity contribution is -0.172. The highest BCUT2D eigenvalue weighted by molar-refractivity contribution is 5.90. The molecule has 0 aromatic heterocycles. The number of hydrogen-bond donors (Lipinski definition) is 0. The van der Waals surface area contributed by atoms with Crippen molar-refractivity contribution in [1.29, 1.82) is 0 Å². The first-order chi connectivity index (χ1) is 17.9. The molecule has 0 unspecified atom stereocenters. The van der Waals surface area contributed by atoms with Crippen LogP contribution < -0.4 is 0 Å². The Kier molecular flexibility index (Phi) is 8.27. The summed E-state index contributed by atoms with van der Waals surface area (Å²) in [4.78, 5) is 50.0. The van der Waals surface area contributed by atoms with Crippen molar-refractivity contribution in [1.82, 2.24) is 0 Å². The summed E-state index contributed by atoms with van der Waals surface area (Å²) < 4.78 is 27.7. The predicted molar refractivity (Wildman–Crippen MR) is 128 cm³/mol. The van der Waals surface area contributed by atoms with Gasteiger partial charge in [0.15, 0.2) is 6.10 Å². The minimum Gasteiger partial charge on any atom is -0.459 e. The molecule has 0 spiro atoms. The Morgan fingerprint density at radius 1 is 0.622 bits per heavy atom. The summed E-state index contributed by atoms with van der Waals surface area (Å²) in [6.45, 7) is 0.798. The zero-order valence-electron chi connectivity index (χ0n) is 19.9. The van der Waals surface area contributed by atoms with Crippen molar-refractivity contribution in [3.63, 3.8) is 0 Å². The molecular weight excluding hydrogens is 480 g/mol. The summed E-state index contributed by atoms with van der Waals surface area (Å²) in [5.74, 6) is -2.80. The van der Waals surface area contributed by atoms with Crippen LogP contribution in [0.5, 0.6) is 0 Å². The van der Waals surface area contributed by atoms with Gasteiger partial charge in [-0.2, -0.15) is 0 Å². The third kappa shape index (κ3) is 6.59. The van der Waals surface area contributed by atoms with E-state index in [9.17, 15) is 19.2 Å². The van der Waals surface area contributed by atoms with Crippen LogP contribution in [0.3, 0.4) is 0 Å². The van der Waals surface area contributed by atoms with Gasteiger partial charge in [0.2, 0.25) is 12.4 Å². The van der Waals surface area contributed by atoms with Crippen molar-refractivity contribution in [2.75, 3.05) is 6.61 Å². The largest absolute Gasteiger partial charge is 0.459 e. The molecule has 9 heteroatoms. The molecule has 0 saturated carbocycles. The fourth-order valence-corrected chi connectivity index (χ4v) is 3.71. The highest BCUT2D eigenvalue weighted by Crippen LogP contribution is 2.30. The van der Waals surface area contributed by atoms with Crippen LogP contribution >= 0.6 is 0 Å². The SMILES string of the molecule is CC(=O)O[C@@H]1[C@@H](OC(=O)c2ccccc2)O[C@@H](COC(=O)c2ccccc2)[C@@H]1OC(=O)c1ccccc1. The van der Waals surface area contributed by atoms with E-state index in [2.05, 4.69) is 0 Å². The maximum Gasteiger partial charge on any atom is 0.340 e. The average molecular weight is 504 g/mol. The molecule has 0 radical (unpaired) electrons. The number of carbonyl (C=O) groups is 4. The van der Waals surface area contributed by atoms with Crippen LogP contribution in [0.2, 0.25) is 0 Å². The summed E-state index contributed by atoms with van der Waals surface area (Å²) in [7, 11) is 0. The summed E-state index contributed by atoms with van der Waals surface area (Å²) in [5.41, 5.74) is 0.792. The molecule has 37 heavy (non-hydrogen) atoms. The fraction of sp³-hybridized carbons (Fsp3) is 0.214. The van der Waals surface area contributed by atoms with Crippen molar-refractivity contribution in [3.8, 4) is 0 Å².